The number of aromatic nitrogens is 2. The molecule has 0 aromatic carbocycles. The normalized spacial score (nSPS) is 10.9. The van der Waals surface area contributed by atoms with Crippen molar-refractivity contribution < 1.29 is 0 Å². The molecule has 0 bridgehead atoms. The molecule has 0 saturated heterocycles. The summed E-state index contributed by atoms with van der Waals surface area (Å²) in [6.07, 6.45) is 4.00. The van der Waals surface area contributed by atoms with Crippen molar-refractivity contribution in [1.82, 2.24) is 9.55 Å². The summed E-state index contributed by atoms with van der Waals surface area (Å²) >= 11 is 0. The Hall–Kier alpha value is -1.31. The van der Waals surface area contributed by atoms with Gasteiger partial charge in [-0.05, 0) is 25.5 Å². The van der Waals surface area contributed by atoms with Gasteiger partial charge in [-0.2, -0.15) is 0 Å². The van der Waals surface area contributed by atoms with Gasteiger partial charge in [0.05, 0.1) is 5.52 Å². The summed E-state index contributed by atoms with van der Waals surface area (Å²) < 4.78 is 2.14. The van der Waals surface area contributed by atoms with Crippen molar-refractivity contribution in [3.05, 3.63) is 29.7 Å². The van der Waals surface area contributed by atoms with Crippen LogP contribution in [0.3, 0.4) is 0 Å². The Morgan fingerprint density at radius 2 is 2.08 bits per heavy atom. The lowest BCUT2D eigenvalue weighted by Gasteiger charge is -2.01. The molecule has 0 aliphatic heterocycles. The van der Waals surface area contributed by atoms with Gasteiger partial charge in [0.1, 0.15) is 0 Å². The summed E-state index contributed by atoms with van der Waals surface area (Å²) in [5.74, 6) is 0. The SMILES string of the molecule is Cc1ncc(C)c2c1ccn2C. The molecule has 2 aromatic heterocycles. The monoisotopic (exact) mass is 160 g/mol. The van der Waals surface area contributed by atoms with E-state index >= 15 is 0 Å². The Bertz CT molecular complexity index is 427. The maximum absolute atomic E-state index is 4.31. The van der Waals surface area contributed by atoms with Gasteiger partial charge in [-0.3, -0.25) is 4.98 Å². The molecule has 2 heteroatoms. The van der Waals surface area contributed by atoms with Crippen LogP contribution in [0, 0.1) is 13.8 Å². The lowest BCUT2D eigenvalue weighted by atomic mass is 10.2. The second-order valence-electron chi connectivity index (χ2n) is 3.22. The van der Waals surface area contributed by atoms with Crippen molar-refractivity contribution >= 4 is 10.9 Å². The molecule has 0 fully saturated rings. The molecule has 0 saturated carbocycles. The first-order chi connectivity index (χ1) is 5.70. The van der Waals surface area contributed by atoms with Crippen LogP contribution in [0.4, 0.5) is 0 Å². The largest absolute Gasteiger partial charge is 0.350 e. The Balaban J connectivity index is 2.98. The second-order valence-corrected chi connectivity index (χ2v) is 3.22. The first-order valence-electron chi connectivity index (χ1n) is 4.07. The standard InChI is InChI=1S/C10H12N2/c1-7-6-11-8(2)9-4-5-12(3)10(7)9/h4-6H,1-3H3. The number of rotatable bonds is 0. The Morgan fingerprint density at radius 3 is 2.75 bits per heavy atom. The molecule has 0 spiro atoms. The van der Waals surface area contributed by atoms with E-state index in [9.17, 15) is 0 Å². The summed E-state index contributed by atoms with van der Waals surface area (Å²) in [5, 5.41) is 1.26. The smallest absolute Gasteiger partial charge is 0.0541 e. The maximum atomic E-state index is 4.31. The van der Waals surface area contributed by atoms with Crippen LogP contribution in [0.2, 0.25) is 0 Å². The minimum absolute atomic E-state index is 1.11. The number of pyridine rings is 1. The number of hydrogen-bond donors (Lipinski definition) is 0. The van der Waals surface area contributed by atoms with E-state index in [0.29, 0.717) is 0 Å². The summed E-state index contributed by atoms with van der Waals surface area (Å²) in [6, 6.07) is 2.12. The molecule has 0 unspecified atom stereocenters. The van der Waals surface area contributed by atoms with Crippen molar-refractivity contribution in [3.8, 4) is 0 Å². The van der Waals surface area contributed by atoms with Gasteiger partial charge in [-0.1, -0.05) is 0 Å². The highest BCUT2D eigenvalue weighted by Crippen LogP contribution is 2.19. The third-order valence-electron chi connectivity index (χ3n) is 2.29. The van der Waals surface area contributed by atoms with Crippen molar-refractivity contribution in [2.24, 2.45) is 7.05 Å². The Morgan fingerprint density at radius 1 is 1.33 bits per heavy atom. The molecule has 0 aliphatic rings. The van der Waals surface area contributed by atoms with E-state index in [1.165, 1.54) is 16.5 Å². The zero-order valence-corrected chi connectivity index (χ0v) is 7.63. The van der Waals surface area contributed by atoms with Crippen molar-refractivity contribution in [3.63, 3.8) is 0 Å². The van der Waals surface area contributed by atoms with Crippen LogP contribution >= 0.6 is 0 Å². The number of fused-ring (bicyclic) bond motifs is 1. The maximum Gasteiger partial charge on any atom is 0.0541 e. The van der Waals surface area contributed by atoms with Gasteiger partial charge in [-0.25, -0.2) is 0 Å². The van der Waals surface area contributed by atoms with Gasteiger partial charge in [0.2, 0.25) is 0 Å². The van der Waals surface area contributed by atoms with Crippen LogP contribution in [-0.4, -0.2) is 9.55 Å². The van der Waals surface area contributed by atoms with Gasteiger partial charge >= 0.3 is 0 Å². The van der Waals surface area contributed by atoms with Gasteiger partial charge in [-0.15, -0.1) is 0 Å². The molecular weight excluding hydrogens is 148 g/mol. The van der Waals surface area contributed by atoms with Crippen molar-refractivity contribution in [2.75, 3.05) is 0 Å². The molecule has 2 heterocycles. The fourth-order valence-electron chi connectivity index (χ4n) is 1.64. The lowest BCUT2D eigenvalue weighted by Crippen LogP contribution is -1.90. The summed E-state index contributed by atoms with van der Waals surface area (Å²) in [7, 11) is 2.06. The third kappa shape index (κ3) is 0.843. The summed E-state index contributed by atoms with van der Waals surface area (Å²) in [6.45, 7) is 4.14. The van der Waals surface area contributed by atoms with Crippen LogP contribution in [0.1, 0.15) is 11.3 Å². The highest BCUT2D eigenvalue weighted by Gasteiger charge is 2.03. The molecule has 62 valence electrons. The van der Waals surface area contributed by atoms with E-state index in [0.717, 1.165) is 5.69 Å². The number of aryl methyl sites for hydroxylation is 3. The van der Waals surface area contributed by atoms with E-state index < -0.39 is 0 Å². The summed E-state index contributed by atoms with van der Waals surface area (Å²) in [5.41, 5.74) is 3.64. The Kier molecular flexibility index (Phi) is 1.43. The molecule has 0 radical (unpaired) electrons. The average molecular weight is 160 g/mol. The first-order valence-corrected chi connectivity index (χ1v) is 4.07. The van der Waals surface area contributed by atoms with E-state index in [1.54, 1.807) is 0 Å². The summed E-state index contributed by atoms with van der Waals surface area (Å²) in [4.78, 5) is 4.31. The minimum Gasteiger partial charge on any atom is -0.350 e. The molecule has 2 aromatic rings. The quantitative estimate of drug-likeness (QED) is 0.577. The molecular formula is C10H12N2. The fraction of sp³-hybridized carbons (Fsp3) is 0.300. The molecule has 2 rings (SSSR count). The average Bonchev–Trinajstić information content (AvgIpc) is 2.42. The van der Waals surface area contributed by atoms with Gasteiger partial charge < -0.3 is 4.57 Å². The minimum atomic E-state index is 1.11. The molecule has 2 nitrogen and oxygen atoms in total. The molecule has 12 heavy (non-hydrogen) atoms. The van der Waals surface area contributed by atoms with Gasteiger partial charge in [0.15, 0.2) is 0 Å². The van der Waals surface area contributed by atoms with E-state index in [2.05, 4.69) is 35.8 Å². The lowest BCUT2D eigenvalue weighted by molar-refractivity contribution is 0.961. The predicted molar refractivity (Wildman–Crippen MR) is 50.2 cm³/mol. The van der Waals surface area contributed by atoms with E-state index in [-0.39, 0.29) is 0 Å². The Labute approximate surface area is 71.8 Å². The zero-order chi connectivity index (χ0) is 8.72. The topological polar surface area (TPSA) is 17.8 Å². The van der Waals surface area contributed by atoms with Crippen molar-refractivity contribution in [2.45, 2.75) is 13.8 Å². The van der Waals surface area contributed by atoms with Crippen molar-refractivity contribution in [1.29, 1.82) is 0 Å². The second kappa shape index (κ2) is 2.34. The number of hydrogen-bond acceptors (Lipinski definition) is 1. The predicted octanol–water partition coefficient (Wildman–Crippen LogP) is 2.19. The number of nitrogens with zero attached hydrogens (tertiary/aromatic N) is 2. The van der Waals surface area contributed by atoms with Crippen LogP contribution < -0.4 is 0 Å². The van der Waals surface area contributed by atoms with Crippen LogP contribution in [0.15, 0.2) is 18.5 Å². The van der Waals surface area contributed by atoms with Crippen LogP contribution in [0.5, 0.6) is 0 Å². The van der Waals surface area contributed by atoms with E-state index in [4.69, 9.17) is 0 Å². The highest BCUT2D eigenvalue weighted by molar-refractivity contribution is 5.84. The van der Waals surface area contributed by atoms with Gasteiger partial charge in [0.25, 0.3) is 0 Å². The molecule has 0 atom stereocenters. The zero-order valence-electron chi connectivity index (χ0n) is 7.63. The van der Waals surface area contributed by atoms with Crippen LogP contribution in [-0.2, 0) is 7.05 Å². The fourth-order valence-corrected chi connectivity index (χ4v) is 1.64. The molecule has 0 N–H and O–H groups in total. The first kappa shape index (κ1) is 7.35. The third-order valence-corrected chi connectivity index (χ3v) is 2.29. The van der Waals surface area contributed by atoms with Crippen LogP contribution in [0.25, 0.3) is 10.9 Å². The molecule has 0 aliphatic carbocycles. The van der Waals surface area contributed by atoms with E-state index in [1.807, 2.05) is 13.1 Å². The highest BCUT2D eigenvalue weighted by atomic mass is 14.9. The molecule has 0 amide bonds. The van der Waals surface area contributed by atoms with Gasteiger partial charge in [0, 0.05) is 30.5 Å².